The summed E-state index contributed by atoms with van der Waals surface area (Å²) in [5.74, 6) is 5.27. The standard InChI is InChI=1S/C18H13FO2/c1-14(20)21-18(16-10-12-17(19)13-11-16)9-5-8-15-6-3-2-4-7-15/h2-4,6-7,9-13H,1H3/b18-9-. The van der Waals surface area contributed by atoms with Gasteiger partial charge in [-0.1, -0.05) is 30.0 Å². The monoisotopic (exact) mass is 280 g/mol. The van der Waals surface area contributed by atoms with Crippen molar-refractivity contribution in [2.24, 2.45) is 0 Å². The van der Waals surface area contributed by atoms with Gasteiger partial charge >= 0.3 is 5.97 Å². The molecule has 0 fully saturated rings. The lowest BCUT2D eigenvalue weighted by atomic mass is 10.1. The normalized spacial score (nSPS) is 10.5. The SMILES string of the molecule is CC(=O)O/C(=C\C#Cc1ccccc1)c1ccc(F)cc1. The third-order valence-corrected chi connectivity index (χ3v) is 2.58. The number of allylic oxidation sites excluding steroid dienone is 1. The largest absolute Gasteiger partial charge is 0.425 e. The molecule has 2 aromatic rings. The van der Waals surface area contributed by atoms with Gasteiger partial charge in [-0.2, -0.15) is 0 Å². The molecule has 0 aromatic heterocycles. The summed E-state index contributed by atoms with van der Waals surface area (Å²) in [4.78, 5) is 11.1. The smallest absolute Gasteiger partial charge is 0.308 e. The molecular weight excluding hydrogens is 267 g/mol. The highest BCUT2D eigenvalue weighted by Crippen LogP contribution is 2.16. The molecule has 2 rings (SSSR count). The lowest BCUT2D eigenvalue weighted by Gasteiger charge is -2.05. The number of carbonyl (C=O) groups excluding carboxylic acids is 1. The number of hydrogen-bond acceptors (Lipinski definition) is 2. The van der Waals surface area contributed by atoms with Crippen LogP contribution in [0.5, 0.6) is 0 Å². The Kier molecular flexibility index (Phi) is 4.89. The van der Waals surface area contributed by atoms with Crippen molar-refractivity contribution in [1.29, 1.82) is 0 Å². The van der Waals surface area contributed by atoms with Crippen LogP contribution in [0.1, 0.15) is 18.1 Å². The fourth-order valence-corrected chi connectivity index (χ4v) is 1.65. The maximum absolute atomic E-state index is 12.9. The van der Waals surface area contributed by atoms with Gasteiger partial charge in [0.2, 0.25) is 0 Å². The molecule has 104 valence electrons. The Balaban J connectivity index is 2.28. The number of halogens is 1. The zero-order chi connectivity index (χ0) is 15.1. The first-order valence-electron chi connectivity index (χ1n) is 6.36. The Morgan fingerprint density at radius 3 is 2.38 bits per heavy atom. The lowest BCUT2D eigenvalue weighted by Crippen LogP contribution is -1.98. The molecule has 0 heterocycles. The topological polar surface area (TPSA) is 26.3 Å². The molecule has 0 N–H and O–H groups in total. The van der Waals surface area contributed by atoms with Gasteiger partial charge in [0.05, 0.1) is 0 Å². The van der Waals surface area contributed by atoms with Crippen LogP contribution in [0.25, 0.3) is 5.76 Å². The van der Waals surface area contributed by atoms with E-state index >= 15 is 0 Å². The summed E-state index contributed by atoms with van der Waals surface area (Å²) >= 11 is 0. The Hall–Kier alpha value is -2.86. The van der Waals surface area contributed by atoms with Gasteiger partial charge in [-0.05, 0) is 36.4 Å². The average molecular weight is 280 g/mol. The second-order valence-electron chi connectivity index (χ2n) is 4.24. The zero-order valence-electron chi connectivity index (χ0n) is 11.5. The van der Waals surface area contributed by atoms with E-state index in [1.807, 2.05) is 30.3 Å². The summed E-state index contributed by atoms with van der Waals surface area (Å²) in [6, 6.07) is 15.1. The first kappa shape index (κ1) is 14.5. The van der Waals surface area contributed by atoms with Gasteiger partial charge in [-0.3, -0.25) is 4.79 Å². The van der Waals surface area contributed by atoms with Crippen molar-refractivity contribution in [3.05, 3.63) is 77.6 Å². The van der Waals surface area contributed by atoms with Gasteiger partial charge in [-0.15, -0.1) is 0 Å². The first-order valence-corrected chi connectivity index (χ1v) is 6.36. The van der Waals surface area contributed by atoms with E-state index in [4.69, 9.17) is 4.74 Å². The Labute approximate surface area is 122 Å². The van der Waals surface area contributed by atoms with E-state index in [0.717, 1.165) is 5.56 Å². The van der Waals surface area contributed by atoms with Gasteiger partial charge < -0.3 is 4.74 Å². The number of esters is 1. The van der Waals surface area contributed by atoms with E-state index in [1.165, 1.54) is 37.3 Å². The molecule has 0 bridgehead atoms. The van der Waals surface area contributed by atoms with Crippen LogP contribution in [0.4, 0.5) is 4.39 Å². The summed E-state index contributed by atoms with van der Waals surface area (Å²) in [5, 5.41) is 0. The summed E-state index contributed by atoms with van der Waals surface area (Å²) < 4.78 is 18.0. The van der Waals surface area contributed by atoms with Crippen LogP contribution in [0.15, 0.2) is 60.7 Å². The van der Waals surface area contributed by atoms with E-state index < -0.39 is 5.97 Å². The van der Waals surface area contributed by atoms with E-state index in [1.54, 1.807) is 0 Å². The predicted molar refractivity (Wildman–Crippen MR) is 79.5 cm³/mol. The van der Waals surface area contributed by atoms with Crippen molar-refractivity contribution >= 4 is 11.7 Å². The van der Waals surface area contributed by atoms with Crippen LogP contribution < -0.4 is 0 Å². The van der Waals surface area contributed by atoms with Crippen LogP contribution in [-0.4, -0.2) is 5.97 Å². The van der Waals surface area contributed by atoms with Crippen molar-refractivity contribution in [3.63, 3.8) is 0 Å². The highest BCUT2D eigenvalue weighted by atomic mass is 19.1. The molecule has 0 aliphatic rings. The van der Waals surface area contributed by atoms with Gasteiger partial charge in [0.15, 0.2) is 0 Å². The second-order valence-corrected chi connectivity index (χ2v) is 4.24. The number of hydrogen-bond donors (Lipinski definition) is 0. The molecule has 0 saturated heterocycles. The van der Waals surface area contributed by atoms with Crippen molar-refractivity contribution in [1.82, 2.24) is 0 Å². The minimum Gasteiger partial charge on any atom is -0.425 e. The Morgan fingerprint density at radius 2 is 1.76 bits per heavy atom. The van der Waals surface area contributed by atoms with Gasteiger partial charge in [0, 0.05) is 24.1 Å². The summed E-state index contributed by atoms with van der Waals surface area (Å²) in [6.45, 7) is 1.31. The number of benzene rings is 2. The predicted octanol–water partition coefficient (Wildman–Crippen LogP) is 3.78. The number of carbonyl (C=O) groups is 1. The summed E-state index contributed by atoms with van der Waals surface area (Å²) in [6.07, 6.45) is 1.50. The van der Waals surface area contributed by atoms with E-state index in [9.17, 15) is 9.18 Å². The quantitative estimate of drug-likeness (QED) is 0.475. The maximum atomic E-state index is 12.9. The third kappa shape index (κ3) is 4.63. The average Bonchev–Trinajstić information content (AvgIpc) is 2.48. The fraction of sp³-hybridized carbons (Fsp3) is 0.0556. The van der Waals surface area contributed by atoms with Crippen LogP contribution in [0, 0.1) is 17.7 Å². The van der Waals surface area contributed by atoms with Crippen molar-refractivity contribution in [2.75, 3.05) is 0 Å². The minimum absolute atomic E-state index is 0.297. The molecule has 2 nitrogen and oxygen atoms in total. The molecule has 0 aliphatic heterocycles. The van der Waals surface area contributed by atoms with E-state index in [0.29, 0.717) is 11.3 Å². The van der Waals surface area contributed by atoms with Gasteiger partial charge in [-0.25, -0.2) is 4.39 Å². The molecule has 0 spiro atoms. The Morgan fingerprint density at radius 1 is 1.10 bits per heavy atom. The molecule has 0 saturated carbocycles. The molecule has 0 amide bonds. The number of ether oxygens (including phenoxy) is 1. The van der Waals surface area contributed by atoms with Crippen LogP contribution in [0.3, 0.4) is 0 Å². The molecule has 3 heteroatoms. The van der Waals surface area contributed by atoms with Crippen LogP contribution in [0.2, 0.25) is 0 Å². The fourth-order valence-electron chi connectivity index (χ4n) is 1.65. The molecule has 21 heavy (non-hydrogen) atoms. The first-order chi connectivity index (χ1) is 10.1. The molecule has 0 aliphatic carbocycles. The molecule has 0 unspecified atom stereocenters. The highest BCUT2D eigenvalue weighted by molar-refractivity contribution is 5.77. The van der Waals surface area contributed by atoms with Crippen LogP contribution in [-0.2, 0) is 9.53 Å². The van der Waals surface area contributed by atoms with Gasteiger partial charge in [0.1, 0.15) is 11.6 Å². The maximum Gasteiger partial charge on any atom is 0.308 e. The Bertz CT molecular complexity index is 704. The summed E-state index contributed by atoms with van der Waals surface area (Å²) in [5.41, 5.74) is 1.45. The third-order valence-electron chi connectivity index (χ3n) is 2.58. The number of rotatable bonds is 2. The van der Waals surface area contributed by atoms with Crippen LogP contribution >= 0.6 is 0 Å². The molecular formula is C18H13FO2. The zero-order valence-corrected chi connectivity index (χ0v) is 11.5. The van der Waals surface area contributed by atoms with Crippen molar-refractivity contribution < 1.29 is 13.9 Å². The van der Waals surface area contributed by atoms with E-state index in [-0.39, 0.29) is 5.82 Å². The minimum atomic E-state index is -0.452. The van der Waals surface area contributed by atoms with E-state index in [2.05, 4.69) is 11.8 Å². The lowest BCUT2D eigenvalue weighted by molar-refractivity contribution is -0.134. The highest BCUT2D eigenvalue weighted by Gasteiger charge is 2.05. The molecule has 0 radical (unpaired) electrons. The summed E-state index contributed by atoms with van der Waals surface area (Å²) in [7, 11) is 0. The van der Waals surface area contributed by atoms with Gasteiger partial charge in [0.25, 0.3) is 0 Å². The van der Waals surface area contributed by atoms with Crippen molar-refractivity contribution in [3.8, 4) is 11.8 Å². The molecule has 0 atom stereocenters. The molecule has 2 aromatic carbocycles. The second kappa shape index (κ2) is 7.06. The van der Waals surface area contributed by atoms with Crippen molar-refractivity contribution in [2.45, 2.75) is 6.92 Å².